The molecular formula is C16H14N2O3S. The Hall–Kier alpha value is -2.60. The molecule has 0 saturated carbocycles. The number of sulfonamides is 1. The molecule has 0 radical (unpaired) electrons. The molecule has 6 heteroatoms. The van der Waals surface area contributed by atoms with Gasteiger partial charge >= 0.3 is 0 Å². The van der Waals surface area contributed by atoms with E-state index in [1.807, 2.05) is 6.07 Å². The van der Waals surface area contributed by atoms with Gasteiger partial charge in [0.1, 0.15) is 5.69 Å². The van der Waals surface area contributed by atoms with Crippen molar-refractivity contribution in [3.05, 3.63) is 77.6 Å². The molecule has 0 amide bonds. The van der Waals surface area contributed by atoms with Gasteiger partial charge in [-0.25, -0.2) is 8.42 Å². The standard InChI is InChI=1S/C16H14N2O3S/c19-18-11-5-9-14-8-4-10-15(16(14)18)17-22(20,21)12-13-6-2-1-3-7-13/h1-11,17H,12H2. The van der Waals surface area contributed by atoms with Gasteiger partial charge in [-0.3, -0.25) is 4.72 Å². The number of rotatable bonds is 4. The molecule has 3 rings (SSSR count). The molecule has 0 aliphatic heterocycles. The van der Waals surface area contributed by atoms with Gasteiger partial charge in [0.15, 0.2) is 6.20 Å². The van der Waals surface area contributed by atoms with Crippen molar-refractivity contribution < 1.29 is 13.1 Å². The van der Waals surface area contributed by atoms with E-state index in [4.69, 9.17) is 0 Å². The molecule has 1 heterocycles. The van der Waals surface area contributed by atoms with Crippen LogP contribution in [0.3, 0.4) is 0 Å². The van der Waals surface area contributed by atoms with Crippen molar-refractivity contribution in [3.8, 4) is 0 Å². The third-order valence-corrected chi connectivity index (χ3v) is 4.49. The topological polar surface area (TPSA) is 73.1 Å². The Bertz CT molecular complexity index is 904. The summed E-state index contributed by atoms with van der Waals surface area (Å²) in [5, 5.41) is 12.6. The summed E-state index contributed by atoms with van der Waals surface area (Å²) >= 11 is 0. The molecule has 3 aromatic rings. The van der Waals surface area contributed by atoms with Gasteiger partial charge in [-0.15, -0.1) is 0 Å². The summed E-state index contributed by atoms with van der Waals surface area (Å²) in [6, 6.07) is 17.3. The van der Waals surface area contributed by atoms with Crippen molar-refractivity contribution in [3.63, 3.8) is 0 Å². The van der Waals surface area contributed by atoms with Crippen LogP contribution in [0.4, 0.5) is 5.69 Å². The fraction of sp³-hybridized carbons (Fsp3) is 0.0625. The average molecular weight is 314 g/mol. The first-order valence-electron chi connectivity index (χ1n) is 6.70. The number of nitrogens with zero attached hydrogens (tertiary/aromatic N) is 1. The molecule has 1 N–H and O–H groups in total. The molecule has 2 aromatic carbocycles. The smallest absolute Gasteiger partial charge is 0.248 e. The van der Waals surface area contributed by atoms with Crippen LogP contribution < -0.4 is 9.45 Å². The number of para-hydroxylation sites is 1. The molecule has 0 bridgehead atoms. The zero-order chi connectivity index (χ0) is 15.6. The van der Waals surface area contributed by atoms with Crippen LogP contribution >= 0.6 is 0 Å². The molecule has 5 nitrogen and oxygen atoms in total. The lowest BCUT2D eigenvalue weighted by molar-refractivity contribution is -0.576. The van der Waals surface area contributed by atoms with Crippen LogP contribution in [0.5, 0.6) is 0 Å². The second kappa shape index (κ2) is 5.65. The van der Waals surface area contributed by atoms with Crippen molar-refractivity contribution in [1.29, 1.82) is 0 Å². The fourth-order valence-corrected chi connectivity index (χ4v) is 3.52. The summed E-state index contributed by atoms with van der Waals surface area (Å²) in [5.41, 5.74) is 1.27. The predicted molar refractivity (Wildman–Crippen MR) is 85.6 cm³/mol. The zero-order valence-electron chi connectivity index (χ0n) is 11.6. The van der Waals surface area contributed by atoms with Crippen LogP contribution in [0, 0.1) is 5.21 Å². The molecular weight excluding hydrogens is 300 g/mol. The molecule has 0 spiro atoms. The summed E-state index contributed by atoms with van der Waals surface area (Å²) in [4.78, 5) is 0. The van der Waals surface area contributed by atoms with Gasteiger partial charge in [-0.1, -0.05) is 36.4 Å². The minimum Gasteiger partial charge on any atom is -0.618 e. The first-order chi connectivity index (χ1) is 10.6. The van der Waals surface area contributed by atoms with Crippen molar-refractivity contribution >= 4 is 26.6 Å². The third kappa shape index (κ3) is 3.01. The minimum absolute atomic E-state index is 0.143. The van der Waals surface area contributed by atoms with Crippen molar-refractivity contribution in [2.45, 2.75) is 5.75 Å². The molecule has 112 valence electrons. The summed E-state index contributed by atoms with van der Waals surface area (Å²) in [7, 11) is -3.60. The monoisotopic (exact) mass is 314 g/mol. The Morgan fingerprint density at radius 1 is 0.955 bits per heavy atom. The highest BCUT2D eigenvalue weighted by Gasteiger charge is 2.17. The molecule has 0 aliphatic rings. The van der Waals surface area contributed by atoms with E-state index in [-0.39, 0.29) is 11.4 Å². The van der Waals surface area contributed by atoms with Crippen LogP contribution in [0.15, 0.2) is 66.9 Å². The maximum atomic E-state index is 12.3. The van der Waals surface area contributed by atoms with Crippen molar-refractivity contribution in [1.82, 2.24) is 0 Å². The number of anilines is 1. The number of benzene rings is 2. The Balaban J connectivity index is 1.96. The van der Waals surface area contributed by atoms with E-state index in [1.54, 1.807) is 54.6 Å². The number of fused-ring (bicyclic) bond motifs is 1. The highest BCUT2D eigenvalue weighted by molar-refractivity contribution is 7.91. The van der Waals surface area contributed by atoms with E-state index in [1.165, 1.54) is 6.20 Å². The molecule has 0 fully saturated rings. The normalized spacial score (nSPS) is 11.5. The zero-order valence-corrected chi connectivity index (χ0v) is 12.5. The second-order valence-corrected chi connectivity index (χ2v) is 6.65. The largest absolute Gasteiger partial charge is 0.618 e. The van der Waals surface area contributed by atoms with Gasteiger partial charge in [0.05, 0.1) is 5.75 Å². The van der Waals surface area contributed by atoms with Crippen LogP contribution in [0.1, 0.15) is 5.56 Å². The van der Waals surface area contributed by atoms with Gasteiger partial charge < -0.3 is 5.21 Å². The average Bonchev–Trinajstić information content (AvgIpc) is 2.47. The second-order valence-electron chi connectivity index (χ2n) is 4.92. The first kappa shape index (κ1) is 14.3. The Kier molecular flexibility index (Phi) is 3.68. The Morgan fingerprint density at radius 3 is 2.45 bits per heavy atom. The van der Waals surface area contributed by atoms with E-state index < -0.39 is 10.0 Å². The van der Waals surface area contributed by atoms with Crippen molar-refractivity contribution in [2.24, 2.45) is 0 Å². The molecule has 0 aliphatic carbocycles. The highest BCUT2D eigenvalue weighted by Crippen LogP contribution is 2.21. The molecule has 0 unspecified atom stereocenters. The van der Waals surface area contributed by atoms with E-state index in [0.717, 1.165) is 0 Å². The number of nitrogens with one attached hydrogen (secondary N) is 1. The van der Waals surface area contributed by atoms with Crippen LogP contribution in [-0.2, 0) is 15.8 Å². The van der Waals surface area contributed by atoms with E-state index >= 15 is 0 Å². The van der Waals surface area contributed by atoms with Crippen LogP contribution in [0.25, 0.3) is 10.9 Å². The first-order valence-corrected chi connectivity index (χ1v) is 8.36. The van der Waals surface area contributed by atoms with Gasteiger partial charge in [-0.05, 0) is 23.8 Å². The lowest BCUT2D eigenvalue weighted by Crippen LogP contribution is -2.28. The lowest BCUT2D eigenvalue weighted by Gasteiger charge is -2.10. The number of aromatic nitrogens is 1. The third-order valence-electron chi connectivity index (χ3n) is 3.25. The Labute approximate surface area is 128 Å². The summed E-state index contributed by atoms with van der Waals surface area (Å²) in [6.07, 6.45) is 1.34. The van der Waals surface area contributed by atoms with Crippen LogP contribution in [0.2, 0.25) is 0 Å². The molecule has 0 atom stereocenters. The Morgan fingerprint density at radius 2 is 1.68 bits per heavy atom. The number of hydrogen-bond acceptors (Lipinski definition) is 3. The lowest BCUT2D eigenvalue weighted by atomic mass is 10.2. The van der Waals surface area contributed by atoms with Gasteiger partial charge in [0.2, 0.25) is 15.5 Å². The number of pyridine rings is 1. The van der Waals surface area contributed by atoms with Gasteiger partial charge in [0, 0.05) is 11.5 Å². The maximum absolute atomic E-state index is 12.3. The van der Waals surface area contributed by atoms with E-state index in [2.05, 4.69) is 4.72 Å². The summed E-state index contributed by atoms with van der Waals surface area (Å²) in [6.45, 7) is 0. The molecule has 0 saturated heterocycles. The quantitative estimate of drug-likeness (QED) is 0.594. The van der Waals surface area contributed by atoms with E-state index in [0.29, 0.717) is 21.2 Å². The molecule has 22 heavy (non-hydrogen) atoms. The number of hydrogen-bond donors (Lipinski definition) is 1. The minimum atomic E-state index is -3.60. The van der Waals surface area contributed by atoms with Gasteiger partial charge in [0.25, 0.3) is 0 Å². The predicted octanol–water partition coefficient (Wildman–Crippen LogP) is 2.42. The van der Waals surface area contributed by atoms with Gasteiger partial charge in [-0.2, -0.15) is 4.73 Å². The summed E-state index contributed by atoms with van der Waals surface area (Å²) in [5.74, 6) is -0.143. The maximum Gasteiger partial charge on any atom is 0.248 e. The highest BCUT2D eigenvalue weighted by atomic mass is 32.2. The van der Waals surface area contributed by atoms with Crippen molar-refractivity contribution in [2.75, 3.05) is 4.72 Å². The van der Waals surface area contributed by atoms with E-state index in [9.17, 15) is 13.6 Å². The van der Waals surface area contributed by atoms with Crippen LogP contribution in [-0.4, -0.2) is 8.42 Å². The SMILES string of the molecule is O=S(=O)(Cc1ccccc1)Nc1cccc2ccc[n+]([O-])c12. The summed E-state index contributed by atoms with van der Waals surface area (Å²) < 4.78 is 27.8. The molecule has 1 aromatic heterocycles. The fourth-order valence-electron chi connectivity index (χ4n) is 2.32.